The third-order valence-electron chi connectivity index (χ3n) is 4.64. The molecule has 0 saturated carbocycles. The molecule has 3 rings (SSSR count). The summed E-state index contributed by atoms with van der Waals surface area (Å²) in [5.74, 6) is -0.552. The Morgan fingerprint density at radius 3 is 2.72 bits per heavy atom. The standard InChI is InChI=1S/C17H20ClN3O6S2/c1-17(23)7-2-8-21(14(17)15(22)20-24)29(25,26)13-5-3-12(4-6-13)27-9-11-10-28-16(18)19-11/h3-6,10,14,23-24H,2,7-9H2,1H3,(H,20,22)/t14-,17-/m0/s1. The Hall–Kier alpha value is -1.76. The molecule has 0 spiro atoms. The molecule has 2 aromatic rings. The van der Waals surface area contributed by atoms with Crippen molar-refractivity contribution in [3.8, 4) is 5.75 Å². The van der Waals surface area contributed by atoms with Gasteiger partial charge in [0.05, 0.1) is 16.2 Å². The number of aromatic nitrogens is 1. The predicted octanol–water partition coefficient (Wildman–Crippen LogP) is 1.78. The maximum absolute atomic E-state index is 13.1. The van der Waals surface area contributed by atoms with Gasteiger partial charge in [-0.2, -0.15) is 4.31 Å². The minimum absolute atomic E-state index is 0.0411. The minimum atomic E-state index is -4.10. The van der Waals surface area contributed by atoms with E-state index < -0.39 is 27.6 Å². The number of hydrogen-bond donors (Lipinski definition) is 3. The zero-order valence-electron chi connectivity index (χ0n) is 15.4. The van der Waals surface area contributed by atoms with Crippen LogP contribution in [0.2, 0.25) is 4.47 Å². The molecular weight excluding hydrogens is 442 g/mol. The molecule has 12 heteroatoms. The Bertz CT molecular complexity index is 977. The highest BCUT2D eigenvalue weighted by Gasteiger charge is 2.49. The van der Waals surface area contributed by atoms with Crippen molar-refractivity contribution in [3.63, 3.8) is 0 Å². The maximum Gasteiger partial charge on any atom is 0.264 e. The molecule has 1 aliphatic heterocycles. The van der Waals surface area contributed by atoms with Crippen LogP contribution in [0.5, 0.6) is 5.75 Å². The van der Waals surface area contributed by atoms with Crippen LogP contribution < -0.4 is 10.2 Å². The smallest absolute Gasteiger partial charge is 0.264 e. The van der Waals surface area contributed by atoms with E-state index in [1.807, 2.05) is 0 Å². The molecular formula is C17H20ClN3O6S2. The van der Waals surface area contributed by atoms with Crippen LogP contribution in [0.3, 0.4) is 0 Å². The van der Waals surface area contributed by atoms with E-state index in [4.69, 9.17) is 21.5 Å². The largest absolute Gasteiger partial charge is 0.487 e. The molecule has 3 N–H and O–H groups in total. The van der Waals surface area contributed by atoms with Crippen LogP contribution >= 0.6 is 22.9 Å². The summed E-state index contributed by atoms with van der Waals surface area (Å²) in [4.78, 5) is 16.1. The highest BCUT2D eigenvalue weighted by molar-refractivity contribution is 7.89. The number of rotatable bonds is 6. The summed E-state index contributed by atoms with van der Waals surface area (Å²) in [6, 6.07) is 4.25. The van der Waals surface area contributed by atoms with Crippen molar-refractivity contribution >= 4 is 38.9 Å². The predicted molar refractivity (Wildman–Crippen MR) is 105 cm³/mol. The van der Waals surface area contributed by atoms with Gasteiger partial charge in [-0.05, 0) is 44.0 Å². The number of carbonyl (C=O) groups is 1. The zero-order valence-corrected chi connectivity index (χ0v) is 17.8. The molecule has 2 heterocycles. The summed E-state index contributed by atoms with van der Waals surface area (Å²) in [5, 5.41) is 21.3. The van der Waals surface area contributed by atoms with Gasteiger partial charge in [0.25, 0.3) is 5.91 Å². The summed E-state index contributed by atoms with van der Waals surface area (Å²) in [6.07, 6.45) is 0.601. The average Bonchev–Trinajstić information content (AvgIpc) is 3.10. The molecule has 1 amide bonds. The van der Waals surface area contributed by atoms with Gasteiger partial charge < -0.3 is 9.84 Å². The Balaban J connectivity index is 1.79. The highest BCUT2D eigenvalue weighted by Crippen LogP contribution is 2.32. The van der Waals surface area contributed by atoms with Gasteiger partial charge in [0.15, 0.2) is 4.47 Å². The van der Waals surface area contributed by atoms with E-state index in [1.54, 1.807) is 5.38 Å². The third kappa shape index (κ3) is 4.71. The molecule has 0 aliphatic carbocycles. The Morgan fingerprint density at radius 1 is 1.45 bits per heavy atom. The molecule has 1 aliphatic rings. The summed E-state index contributed by atoms with van der Waals surface area (Å²) in [7, 11) is -4.10. The van der Waals surface area contributed by atoms with E-state index >= 15 is 0 Å². The van der Waals surface area contributed by atoms with Crippen LogP contribution in [0.1, 0.15) is 25.5 Å². The summed E-state index contributed by atoms with van der Waals surface area (Å²) in [6.45, 7) is 1.60. The number of hydroxylamine groups is 1. The number of ether oxygens (including phenoxy) is 1. The van der Waals surface area contributed by atoms with Crippen molar-refractivity contribution in [2.75, 3.05) is 6.54 Å². The number of piperidine rings is 1. The first kappa shape index (κ1) is 21.9. The van der Waals surface area contributed by atoms with Gasteiger partial charge in [0, 0.05) is 11.9 Å². The second-order valence-corrected chi connectivity index (χ2v) is 10.1. The number of thiazole rings is 1. The van der Waals surface area contributed by atoms with Crippen LogP contribution in [0.4, 0.5) is 0 Å². The number of carbonyl (C=O) groups excluding carboxylic acids is 1. The average molecular weight is 462 g/mol. The van der Waals surface area contributed by atoms with Crippen molar-refractivity contribution in [2.45, 2.75) is 42.9 Å². The SMILES string of the molecule is C[C@]1(O)CCCN(S(=O)(=O)c2ccc(OCc3csc(Cl)n3)cc2)[C@H]1C(=O)NO. The number of benzene rings is 1. The number of sulfonamides is 1. The van der Waals surface area contributed by atoms with Crippen LogP contribution in [-0.2, 0) is 21.4 Å². The van der Waals surface area contributed by atoms with Crippen molar-refractivity contribution < 1.29 is 28.3 Å². The highest BCUT2D eigenvalue weighted by atomic mass is 35.5. The fraction of sp³-hybridized carbons (Fsp3) is 0.412. The lowest BCUT2D eigenvalue weighted by atomic mass is 9.87. The topological polar surface area (TPSA) is 129 Å². The molecule has 2 atom stereocenters. The maximum atomic E-state index is 13.1. The van der Waals surface area contributed by atoms with Gasteiger partial charge in [-0.1, -0.05) is 11.6 Å². The zero-order chi connectivity index (χ0) is 21.2. The van der Waals surface area contributed by atoms with Crippen molar-refractivity contribution in [3.05, 3.63) is 39.8 Å². The first-order valence-electron chi connectivity index (χ1n) is 8.66. The number of halogens is 1. The molecule has 0 radical (unpaired) electrons. The lowest BCUT2D eigenvalue weighted by Crippen LogP contribution is -2.62. The number of amides is 1. The van der Waals surface area contributed by atoms with Crippen molar-refractivity contribution in [1.82, 2.24) is 14.8 Å². The quantitative estimate of drug-likeness (QED) is 0.441. The lowest BCUT2D eigenvalue weighted by Gasteiger charge is -2.42. The summed E-state index contributed by atoms with van der Waals surface area (Å²) >= 11 is 7.05. The first-order valence-corrected chi connectivity index (χ1v) is 11.4. The number of hydrogen-bond acceptors (Lipinski definition) is 8. The van der Waals surface area contributed by atoms with E-state index in [1.165, 1.54) is 48.0 Å². The van der Waals surface area contributed by atoms with Crippen LogP contribution in [0.15, 0.2) is 34.5 Å². The van der Waals surface area contributed by atoms with Gasteiger partial charge in [-0.15, -0.1) is 11.3 Å². The van der Waals surface area contributed by atoms with Gasteiger partial charge in [0.1, 0.15) is 18.4 Å². The van der Waals surface area contributed by atoms with Gasteiger partial charge >= 0.3 is 0 Å². The monoisotopic (exact) mass is 461 g/mol. The van der Waals surface area contributed by atoms with E-state index in [9.17, 15) is 18.3 Å². The fourth-order valence-corrected chi connectivity index (χ4v) is 5.74. The van der Waals surface area contributed by atoms with E-state index in [-0.39, 0.29) is 24.5 Å². The van der Waals surface area contributed by atoms with E-state index in [0.29, 0.717) is 22.3 Å². The van der Waals surface area contributed by atoms with E-state index in [2.05, 4.69) is 4.98 Å². The Labute approximate surface area is 176 Å². The van der Waals surface area contributed by atoms with Gasteiger partial charge in [-0.3, -0.25) is 10.0 Å². The Kier molecular flexibility index (Phi) is 6.46. The molecule has 1 aromatic heterocycles. The first-order chi connectivity index (χ1) is 13.6. The second-order valence-electron chi connectivity index (χ2n) is 6.81. The van der Waals surface area contributed by atoms with Crippen molar-refractivity contribution in [1.29, 1.82) is 0 Å². The van der Waals surface area contributed by atoms with Crippen LogP contribution in [0.25, 0.3) is 0 Å². The third-order valence-corrected chi connectivity index (χ3v) is 7.54. The molecule has 9 nitrogen and oxygen atoms in total. The molecule has 29 heavy (non-hydrogen) atoms. The molecule has 158 valence electrons. The minimum Gasteiger partial charge on any atom is -0.487 e. The van der Waals surface area contributed by atoms with Crippen LogP contribution in [-0.4, -0.2) is 52.1 Å². The summed E-state index contributed by atoms with van der Waals surface area (Å²) < 4.78 is 33.1. The molecule has 0 unspecified atom stereocenters. The fourth-order valence-electron chi connectivity index (χ4n) is 3.25. The van der Waals surface area contributed by atoms with E-state index in [0.717, 1.165) is 4.31 Å². The van der Waals surface area contributed by atoms with Crippen molar-refractivity contribution in [2.24, 2.45) is 0 Å². The molecule has 0 bridgehead atoms. The summed E-state index contributed by atoms with van der Waals surface area (Å²) in [5.41, 5.74) is 0.490. The molecule has 1 fully saturated rings. The Morgan fingerprint density at radius 2 is 2.14 bits per heavy atom. The number of nitrogens with one attached hydrogen (secondary N) is 1. The lowest BCUT2D eigenvalue weighted by molar-refractivity contribution is -0.144. The van der Waals surface area contributed by atoms with Crippen LogP contribution in [0, 0.1) is 0 Å². The van der Waals surface area contributed by atoms with Gasteiger partial charge in [0.2, 0.25) is 10.0 Å². The number of nitrogens with zero attached hydrogens (tertiary/aromatic N) is 2. The van der Waals surface area contributed by atoms with Gasteiger partial charge in [-0.25, -0.2) is 18.9 Å². The number of aliphatic hydroxyl groups is 1. The molecule has 1 saturated heterocycles. The normalized spacial score (nSPS) is 23.0. The second kappa shape index (κ2) is 8.54. The molecule has 1 aromatic carbocycles.